The van der Waals surface area contributed by atoms with E-state index in [1.54, 1.807) is 6.92 Å². The Balaban J connectivity index is 2.51. The second-order valence-corrected chi connectivity index (χ2v) is 4.22. The third kappa shape index (κ3) is 1.93. The van der Waals surface area contributed by atoms with E-state index in [4.69, 9.17) is 6.42 Å². The molecule has 0 aliphatic carbocycles. The minimum Gasteiger partial charge on any atom is -0.384 e. The average molecular weight is 210 g/mol. The molecule has 0 saturated heterocycles. The largest absolute Gasteiger partial charge is 0.384 e. The lowest BCUT2D eigenvalue weighted by atomic mass is 9.91. The van der Waals surface area contributed by atoms with Crippen LogP contribution in [0, 0.1) is 12.3 Å². The van der Waals surface area contributed by atoms with Crippen molar-refractivity contribution in [3.05, 3.63) is 48.0 Å². The van der Waals surface area contributed by atoms with Crippen molar-refractivity contribution >= 4 is 10.8 Å². The molecule has 0 saturated carbocycles. The highest BCUT2D eigenvalue weighted by Gasteiger charge is 2.21. The highest BCUT2D eigenvalue weighted by molar-refractivity contribution is 5.83. The van der Waals surface area contributed by atoms with E-state index in [2.05, 4.69) is 12.0 Å². The Hall–Kier alpha value is -1.78. The first-order chi connectivity index (χ1) is 7.63. The summed E-state index contributed by atoms with van der Waals surface area (Å²) in [5.41, 5.74) is -0.0807. The maximum atomic E-state index is 10.2. The Morgan fingerprint density at radius 2 is 1.88 bits per heavy atom. The minimum atomic E-state index is -0.946. The Morgan fingerprint density at radius 1 is 1.19 bits per heavy atom. The van der Waals surface area contributed by atoms with Gasteiger partial charge in [-0.3, -0.25) is 0 Å². The zero-order valence-electron chi connectivity index (χ0n) is 9.27. The molecule has 1 heteroatoms. The summed E-state index contributed by atoms with van der Waals surface area (Å²) in [5.74, 6) is 2.50. The quantitative estimate of drug-likeness (QED) is 0.755. The summed E-state index contributed by atoms with van der Waals surface area (Å²) >= 11 is 0. The van der Waals surface area contributed by atoms with Gasteiger partial charge in [0.25, 0.3) is 0 Å². The first-order valence-electron chi connectivity index (χ1n) is 5.28. The van der Waals surface area contributed by atoms with Gasteiger partial charge >= 0.3 is 0 Å². The van der Waals surface area contributed by atoms with Gasteiger partial charge in [0.2, 0.25) is 0 Å². The fourth-order valence-electron chi connectivity index (χ4n) is 1.83. The van der Waals surface area contributed by atoms with Crippen molar-refractivity contribution in [2.45, 2.75) is 18.9 Å². The van der Waals surface area contributed by atoms with Crippen molar-refractivity contribution in [3.8, 4) is 12.3 Å². The molecule has 0 aromatic heterocycles. The average Bonchev–Trinajstić information content (AvgIpc) is 2.28. The number of terminal acetylenes is 1. The van der Waals surface area contributed by atoms with Crippen LogP contribution in [0.4, 0.5) is 0 Å². The Labute approximate surface area is 95.7 Å². The topological polar surface area (TPSA) is 20.2 Å². The lowest BCUT2D eigenvalue weighted by Crippen LogP contribution is -2.19. The van der Waals surface area contributed by atoms with Crippen LogP contribution in [0.2, 0.25) is 0 Å². The molecule has 2 aromatic rings. The Kier molecular flexibility index (Phi) is 2.68. The van der Waals surface area contributed by atoms with E-state index >= 15 is 0 Å². The van der Waals surface area contributed by atoms with E-state index in [1.807, 2.05) is 36.4 Å². The molecule has 80 valence electrons. The number of fused-ring (bicyclic) bond motifs is 1. The van der Waals surface area contributed by atoms with Crippen LogP contribution in [0.5, 0.6) is 0 Å². The fourth-order valence-corrected chi connectivity index (χ4v) is 1.83. The van der Waals surface area contributed by atoms with Gasteiger partial charge in [-0.15, -0.1) is 12.3 Å². The number of hydrogen-bond acceptors (Lipinski definition) is 1. The van der Waals surface area contributed by atoms with Crippen molar-refractivity contribution in [1.29, 1.82) is 0 Å². The fraction of sp³-hybridized carbons (Fsp3) is 0.200. The molecule has 0 spiro atoms. The molecule has 1 N–H and O–H groups in total. The summed E-state index contributed by atoms with van der Waals surface area (Å²) in [6, 6.07) is 14.0. The predicted molar refractivity (Wildman–Crippen MR) is 67.0 cm³/mol. The summed E-state index contributed by atoms with van der Waals surface area (Å²) < 4.78 is 0. The number of aliphatic hydroxyl groups is 1. The molecule has 0 heterocycles. The van der Waals surface area contributed by atoms with Gasteiger partial charge in [0.05, 0.1) is 5.60 Å². The van der Waals surface area contributed by atoms with Crippen LogP contribution < -0.4 is 0 Å². The van der Waals surface area contributed by atoms with Crippen molar-refractivity contribution < 1.29 is 5.11 Å². The molecule has 0 bridgehead atoms. The van der Waals surface area contributed by atoms with Gasteiger partial charge in [-0.1, -0.05) is 36.4 Å². The van der Waals surface area contributed by atoms with Crippen molar-refractivity contribution in [2.24, 2.45) is 0 Å². The van der Waals surface area contributed by atoms with Crippen LogP contribution in [0.25, 0.3) is 10.8 Å². The molecule has 0 amide bonds. The van der Waals surface area contributed by atoms with Crippen molar-refractivity contribution in [2.75, 3.05) is 0 Å². The van der Waals surface area contributed by atoms with E-state index in [9.17, 15) is 5.11 Å². The van der Waals surface area contributed by atoms with Crippen molar-refractivity contribution in [3.63, 3.8) is 0 Å². The molecule has 2 aromatic carbocycles. The number of benzene rings is 2. The smallest absolute Gasteiger partial charge is 0.0977 e. The van der Waals surface area contributed by atoms with Gasteiger partial charge in [0, 0.05) is 6.42 Å². The van der Waals surface area contributed by atoms with Gasteiger partial charge < -0.3 is 5.11 Å². The molecule has 1 nitrogen and oxygen atoms in total. The van der Waals surface area contributed by atoms with E-state index < -0.39 is 5.60 Å². The van der Waals surface area contributed by atoms with Crippen LogP contribution in [0.1, 0.15) is 18.9 Å². The third-order valence-corrected chi connectivity index (χ3v) is 2.82. The second-order valence-electron chi connectivity index (χ2n) is 4.22. The Morgan fingerprint density at radius 3 is 2.56 bits per heavy atom. The number of hydrogen-bond donors (Lipinski definition) is 1. The molecule has 0 aliphatic rings. The molecule has 0 aliphatic heterocycles. The highest BCUT2D eigenvalue weighted by atomic mass is 16.3. The van der Waals surface area contributed by atoms with Gasteiger partial charge in [0.1, 0.15) is 0 Å². The van der Waals surface area contributed by atoms with Gasteiger partial charge in [-0.05, 0) is 29.3 Å². The summed E-state index contributed by atoms with van der Waals surface area (Å²) in [7, 11) is 0. The summed E-state index contributed by atoms with van der Waals surface area (Å²) in [4.78, 5) is 0. The van der Waals surface area contributed by atoms with Crippen LogP contribution in [-0.4, -0.2) is 5.11 Å². The van der Waals surface area contributed by atoms with E-state index in [0.717, 1.165) is 10.9 Å². The first-order valence-corrected chi connectivity index (χ1v) is 5.28. The van der Waals surface area contributed by atoms with Crippen LogP contribution in [0.3, 0.4) is 0 Å². The normalized spacial score (nSPS) is 14.3. The standard InChI is InChI=1S/C15H14O/c1-3-10-15(2,16)14-9-8-12-6-4-5-7-13(12)11-14/h1,4-9,11,16H,10H2,2H3. The summed E-state index contributed by atoms with van der Waals surface area (Å²) in [6.07, 6.45) is 5.58. The molecule has 16 heavy (non-hydrogen) atoms. The number of rotatable bonds is 2. The third-order valence-electron chi connectivity index (χ3n) is 2.82. The van der Waals surface area contributed by atoms with Crippen molar-refractivity contribution in [1.82, 2.24) is 0 Å². The monoisotopic (exact) mass is 210 g/mol. The van der Waals surface area contributed by atoms with E-state index in [1.165, 1.54) is 5.39 Å². The minimum absolute atomic E-state index is 0.325. The molecule has 2 rings (SSSR count). The zero-order chi connectivity index (χ0) is 11.6. The SMILES string of the molecule is C#CCC(C)(O)c1ccc2ccccc2c1. The molecule has 1 atom stereocenters. The summed E-state index contributed by atoms with van der Waals surface area (Å²) in [6.45, 7) is 1.75. The van der Waals surface area contributed by atoms with Gasteiger partial charge in [-0.25, -0.2) is 0 Å². The maximum Gasteiger partial charge on any atom is 0.0977 e. The maximum absolute atomic E-state index is 10.2. The van der Waals surface area contributed by atoms with Crippen LogP contribution in [-0.2, 0) is 5.60 Å². The molecule has 1 unspecified atom stereocenters. The van der Waals surface area contributed by atoms with E-state index in [0.29, 0.717) is 6.42 Å². The van der Waals surface area contributed by atoms with Gasteiger partial charge in [-0.2, -0.15) is 0 Å². The second kappa shape index (κ2) is 4.00. The molecular weight excluding hydrogens is 196 g/mol. The van der Waals surface area contributed by atoms with Gasteiger partial charge in [0.15, 0.2) is 0 Å². The highest BCUT2D eigenvalue weighted by Crippen LogP contribution is 2.27. The molecule has 0 fully saturated rings. The molecular formula is C15H14O. The summed E-state index contributed by atoms with van der Waals surface area (Å²) in [5, 5.41) is 12.5. The predicted octanol–water partition coefficient (Wildman–Crippen LogP) is 3.07. The Bertz CT molecular complexity index is 547. The van der Waals surface area contributed by atoms with E-state index in [-0.39, 0.29) is 0 Å². The van der Waals surface area contributed by atoms with Crippen LogP contribution in [0.15, 0.2) is 42.5 Å². The zero-order valence-corrected chi connectivity index (χ0v) is 9.27. The lowest BCUT2D eigenvalue weighted by Gasteiger charge is -2.21. The molecule has 0 radical (unpaired) electrons. The van der Waals surface area contributed by atoms with Crippen LogP contribution >= 0.6 is 0 Å². The first kappa shape index (κ1) is 10.7. The lowest BCUT2D eigenvalue weighted by molar-refractivity contribution is 0.0631.